The first kappa shape index (κ1) is 32.0. The summed E-state index contributed by atoms with van der Waals surface area (Å²) in [6.07, 6.45) is -2.87. The average Bonchev–Trinajstić information content (AvgIpc) is 3.15. The highest BCUT2D eigenvalue weighted by Gasteiger charge is 2.64. The van der Waals surface area contributed by atoms with Crippen molar-refractivity contribution in [1.29, 1.82) is 0 Å². The molecule has 238 valence electrons. The molecule has 0 aromatic carbocycles. The van der Waals surface area contributed by atoms with Crippen molar-refractivity contribution in [3.8, 4) is 0 Å². The van der Waals surface area contributed by atoms with Crippen LogP contribution in [0.5, 0.6) is 0 Å². The predicted octanol–water partition coefficient (Wildman–Crippen LogP) is 3.43. The first-order valence-electron chi connectivity index (χ1n) is 15.1. The summed E-state index contributed by atoms with van der Waals surface area (Å²) in [5.41, 5.74) is 2.44. The van der Waals surface area contributed by atoms with Crippen molar-refractivity contribution in [2.75, 3.05) is 0 Å². The number of ether oxygens (including phenoxy) is 2. The third kappa shape index (κ3) is 4.71. The molecule has 0 aromatic rings. The van der Waals surface area contributed by atoms with Gasteiger partial charge in [-0.1, -0.05) is 45.8 Å². The molecule has 42 heavy (non-hydrogen) atoms. The van der Waals surface area contributed by atoms with E-state index >= 15 is 0 Å². The van der Waals surface area contributed by atoms with E-state index in [4.69, 9.17) is 9.47 Å². The van der Waals surface area contributed by atoms with Gasteiger partial charge in [0.15, 0.2) is 12.4 Å². The van der Waals surface area contributed by atoms with Crippen LogP contribution in [-0.2, 0) is 33.6 Å². The van der Waals surface area contributed by atoms with Gasteiger partial charge in [0.05, 0.1) is 6.10 Å². The summed E-state index contributed by atoms with van der Waals surface area (Å²) >= 11 is 0. The molecular weight excluding hydrogens is 568 g/mol. The Morgan fingerprint density at radius 3 is 2.19 bits per heavy atom. The highest BCUT2D eigenvalue weighted by Crippen LogP contribution is 2.71. The zero-order chi connectivity index (χ0) is 31.2. The van der Waals surface area contributed by atoms with E-state index < -0.39 is 58.6 Å². The van der Waals surface area contributed by atoms with Crippen LogP contribution in [0.25, 0.3) is 0 Å². The van der Waals surface area contributed by atoms with Crippen molar-refractivity contribution in [3.05, 3.63) is 11.1 Å². The predicted molar refractivity (Wildman–Crippen MR) is 149 cm³/mol. The number of aliphatic hydroxyl groups is 2. The molecule has 0 aromatic heterocycles. The SMILES string of the molecule is CC(=O)[C@H]1CC[C@@]2(C)C3=C(CC[C@]12C)[C@@]1(C)CC[C@H](O[C@@H]2O[C@H](C(=O)O)[C@@H](O)[C@H](OS(=O)(=O)O)[C@H]2O)C(C)(C)[C@@H]1CC3. The van der Waals surface area contributed by atoms with Crippen LogP contribution in [0.3, 0.4) is 0 Å². The first-order valence-corrected chi connectivity index (χ1v) is 16.4. The molecule has 0 bridgehead atoms. The Balaban J connectivity index is 1.41. The summed E-state index contributed by atoms with van der Waals surface area (Å²) in [6.45, 7) is 13.0. The van der Waals surface area contributed by atoms with Crippen LogP contribution in [0, 0.1) is 33.5 Å². The Labute approximate surface area is 247 Å². The number of hydrogen-bond donors (Lipinski definition) is 4. The minimum absolute atomic E-state index is 0.0167. The van der Waals surface area contributed by atoms with Crippen LogP contribution in [0.4, 0.5) is 0 Å². The van der Waals surface area contributed by atoms with Crippen LogP contribution in [-0.4, -0.2) is 76.9 Å². The van der Waals surface area contributed by atoms with Gasteiger partial charge in [-0.2, -0.15) is 8.42 Å². The van der Waals surface area contributed by atoms with Crippen molar-refractivity contribution in [1.82, 2.24) is 0 Å². The summed E-state index contributed by atoms with van der Waals surface area (Å²) in [5.74, 6) is -1.01. The molecule has 5 rings (SSSR count). The molecule has 5 aliphatic rings. The molecule has 0 amide bonds. The second-order valence-corrected chi connectivity index (χ2v) is 15.7. The highest BCUT2D eigenvalue weighted by atomic mass is 32.3. The number of carboxylic acid groups (broad SMARTS) is 1. The second kappa shape index (κ2) is 10.3. The van der Waals surface area contributed by atoms with Gasteiger partial charge in [0.2, 0.25) is 0 Å². The number of aliphatic hydroxyl groups excluding tert-OH is 2. The molecule has 4 aliphatic carbocycles. The van der Waals surface area contributed by atoms with Gasteiger partial charge in [-0.25, -0.2) is 8.98 Å². The minimum atomic E-state index is -5.13. The van der Waals surface area contributed by atoms with E-state index in [0.717, 1.165) is 44.9 Å². The lowest BCUT2D eigenvalue weighted by atomic mass is 9.43. The summed E-state index contributed by atoms with van der Waals surface area (Å²) < 4.78 is 48.1. The lowest BCUT2D eigenvalue weighted by Gasteiger charge is -2.62. The summed E-state index contributed by atoms with van der Waals surface area (Å²) in [5, 5.41) is 30.8. The fourth-order valence-electron chi connectivity index (χ4n) is 10.1. The molecule has 12 heteroatoms. The van der Waals surface area contributed by atoms with Gasteiger partial charge >= 0.3 is 16.4 Å². The van der Waals surface area contributed by atoms with Crippen molar-refractivity contribution < 1.29 is 51.5 Å². The van der Waals surface area contributed by atoms with Crippen LogP contribution in [0.1, 0.15) is 92.9 Å². The highest BCUT2D eigenvalue weighted by molar-refractivity contribution is 7.80. The maximum absolute atomic E-state index is 12.6. The number of carbonyl (C=O) groups is 2. The second-order valence-electron chi connectivity index (χ2n) is 14.6. The van der Waals surface area contributed by atoms with E-state index in [2.05, 4.69) is 38.8 Å². The Morgan fingerprint density at radius 2 is 1.60 bits per heavy atom. The van der Waals surface area contributed by atoms with E-state index in [0.29, 0.717) is 6.42 Å². The molecule has 4 N–H and O–H groups in total. The molecule has 11 nitrogen and oxygen atoms in total. The number of Topliss-reactive ketones (excluding diaryl/α,β-unsaturated/α-hetero) is 1. The number of carboxylic acids is 1. The molecule has 11 atom stereocenters. The molecule has 2 saturated carbocycles. The van der Waals surface area contributed by atoms with Crippen molar-refractivity contribution in [2.45, 2.75) is 130 Å². The third-order valence-corrected chi connectivity index (χ3v) is 13.0. The van der Waals surface area contributed by atoms with Crippen molar-refractivity contribution in [3.63, 3.8) is 0 Å². The molecule has 1 heterocycles. The minimum Gasteiger partial charge on any atom is -0.479 e. The maximum atomic E-state index is 12.6. The van der Waals surface area contributed by atoms with Crippen LogP contribution in [0.15, 0.2) is 11.1 Å². The van der Waals surface area contributed by atoms with Crippen LogP contribution >= 0.6 is 0 Å². The number of aliphatic carboxylic acids is 1. The quantitative estimate of drug-likeness (QED) is 0.255. The molecule has 1 saturated heterocycles. The molecule has 0 unspecified atom stereocenters. The first-order chi connectivity index (χ1) is 19.3. The lowest BCUT2D eigenvalue weighted by molar-refractivity contribution is -0.316. The monoisotopic (exact) mass is 614 g/mol. The Kier molecular flexibility index (Phi) is 7.86. The van der Waals surface area contributed by atoms with E-state index in [9.17, 15) is 37.9 Å². The average molecular weight is 615 g/mol. The smallest absolute Gasteiger partial charge is 0.397 e. The normalized spacial score (nSPS) is 46.9. The summed E-state index contributed by atoms with van der Waals surface area (Å²) in [6, 6.07) is 0. The standard InChI is InChI=1S/C30H46O11S/c1-15(31)16-9-13-30(6)18-7-8-19-27(2,3)20(11-12-28(19,4)17(18)10-14-29(16,30)5)39-26-22(33)23(41-42(36,37)38)21(32)24(40-26)25(34)35/h16,19-24,26,32-33H,7-14H2,1-6H3,(H,34,35)(H,36,37,38)/t16-,19+,20+,21+,22-,23+,24+,26-,28-,29-,30+/m1/s1. The zero-order valence-electron chi connectivity index (χ0n) is 25.3. The van der Waals surface area contributed by atoms with Gasteiger partial charge in [-0.05, 0) is 85.9 Å². The van der Waals surface area contributed by atoms with E-state index in [1.807, 2.05) is 0 Å². The molecule has 0 radical (unpaired) electrons. The lowest BCUT2D eigenvalue weighted by Crippen LogP contribution is -2.63. The summed E-state index contributed by atoms with van der Waals surface area (Å²) in [4.78, 5) is 24.4. The molecule has 1 aliphatic heterocycles. The fraction of sp³-hybridized carbons (Fsp3) is 0.867. The molecule has 0 spiro atoms. The number of rotatable bonds is 6. The Bertz CT molecular complexity index is 1280. The number of hydrogen-bond acceptors (Lipinski definition) is 9. The van der Waals surface area contributed by atoms with E-state index in [1.54, 1.807) is 6.92 Å². The van der Waals surface area contributed by atoms with Gasteiger partial charge < -0.3 is 24.8 Å². The fourth-order valence-corrected chi connectivity index (χ4v) is 10.6. The van der Waals surface area contributed by atoms with Gasteiger partial charge in [0, 0.05) is 5.92 Å². The van der Waals surface area contributed by atoms with Crippen LogP contribution in [0.2, 0.25) is 0 Å². The topological polar surface area (TPSA) is 177 Å². The van der Waals surface area contributed by atoms with Gasteiger partial charge in [0.25, 0.3) is 0 Å². The number of fused-ring (bicyclic) bond motifs is 4. The Hall–Kier alpha value is -1.41. The maximum Gasteiger partial charge on any atom is 0.397 e. The van der Waals surface area contributed by atoms with Gasteiger partial charge in [-0.15, -0.1) is 0 Å². The van der Waals surface area contributed by atoms with E-state index in [-0.39, 0.29) is 33.9 Å². The summed E-state index contributed by atoms with van der Waals surface area (Å²) in [7, 11) is -5.13. The molecular formula is C30H46O11S. The zero-order valence-corrected chi connectivity index (χ0v) is 26.1. The number of carbonyl (C=O) groups excluding carboxylic acids is 1. The third-order valence-electron chi connectivity index (χ3n) is 12.5. The number of ketones is 1. The van der Waals surface area contributed by atoms with Gasteiger partial charge in [0.1, 0.15) is 24.1 Å². The number of allylic oxidation sites excluding steroid dienone is 2. The van der Waals surface area contributed by atoms with Crippen molar-refractivity contribution >= 4 is 22.2 Å². The molecule has 3 fully saturated rings. The van der Waals surface area contributed by atoms with Gasteiger partial charge in [-0.3, -0.25) is 9.35 Å². The van der Waals surface area contributed by atoms with Crippen molar-refractivity contribution in [2.24, 2.45) is 33.5 Å². The largest absolute Gasteiger partial charge is 0.479 e. The van der Waals surface area contributed by atoms with E-state index in [1.165, 1.54) is 11.1 Å². The Morgan fingerprint density at radius 1 is 0.929 bits per heavy atom. The van der Waals surface area contributed by atoms with Crippen LogP contribution < -0.4 is 0 Å².